The predicted molar refractivity (Wildman–Crippen MR) is 21.6 cm³/mol. The van der Waals surface area contributed by atoms with E-state index in [4.69, 9.17) is 0 Å². The SMILES string of the molecule is [C-]1=CC=CC1.[Cl-].[Cl-].[Ir+3]. The van der Waals surface area contributed by atoms with Gasteiger partial charge < -0.3 is 24.8 Å². The van der Waals surface area contributed by atoms with Crippen molar-refractivity contribution in [2.75, 3.05) is 0 Å². The number of hydrogen-bond donors (Lipinski definition) is 0. The van der Waals surface area contributed by atoms with Crippen molar-refractivity contribution in [2.24, 2.45) is 0 Å². The van der Waals surface area contributed by atoms with Crippen molar-refractivity contribution in [2.45, 2.75) is 6.42 Å². The molecule has 0 aromatic heterocycles. The van der Waals surface area contributed by atoms with E-state index in [9.17, 15) is 0 Å². The van der Waals surface area contributed by atoms with Gasteiger partial charge in [-0.2, -0.15) is 6.08 Å². The molecule has 0 aliphatic heterocycles. The first kappa shape index (κ1) is 15.9. The fraction of sp³-hybridized carbons (Fsp3) is 0.200. The number of allylic oxidation sites excluding steroid dienone is 4. The second-order valence-electron chi connectivity index (χ2n) is 1.00. The van der Waals surface area contributed by atoms with E-state index in [-0.39, 0.29) is 44.9 Å². The average molecular weight is 328 g/mol. The maximum atomic E-state index is 2.99. The Morgan fingerprint density at radius 1 is 1.25 bits per heavy atom. The fourth-order valence-corrected chi connectivity index (χ4v) is 0.340. The van der Waals surface area contributed by atoms with Crippen LogP contribution in [0.25, 0.3) is 0 Å². The van der Waals surface area contributed by atoms with Crippen LogP contribution in [0.15, 0.2) is 18.2 Å². The van der Waals surface area contributed by atoms with E-state index in [2.05, 4.69) is 12.2 Å². The standard InChI is InChI=1S/C5H5.2ClH.Ir/c1-2-4-5-3-1;;;/h1-3H,4H2;2*1H;/q-1;;;+3/p-2. The summed E-state index contributed by atoms with van der Waals surface area (Å²) in [6.45, 7) is 0. The van der Waals surface area contributed by atoms with E-state index in [1.165, 1.54) is 0 Å². The summed E-state index contributed by atoms with van der Waals surface area (Å²) in [5.41, 5.74) is 0. The molecule has 1 aliphatic carbocycles. The Hall–Kier alpha value is 0.709. The van der Waals surface area contributed by atoms with Crippen molar-refractivity contribution in [3.63, 3.8) is 0 Å². The van der Waals surface area contributed by atoms with Crippen molar-refractivity contribution < 1.29 is 44.9 Å². The van der Waals surface area contributed by atoms with Crippen LogP contribution in [0.4, 0.5) is 0 Å². The molecule has 0 spiro atoms. The molecule has 0 saturated heterocycles. The number of rotatable bonds is 0. The van der Waals surface area contributed by atoms with Crippen LogP contribution in [0, 0.1) is 6.08 Å². The molecule has 0 N–H and O–H groups in total. The third kappa shape index (κ3) is 6.71. The molecule has 0 saturated carbocycles. The Bertz CT molecular complexity index is 68.5. The largest absolute Gasteiger partial charge is 3.00 e. The van der Waals surface area contributed by atoms with Gasteiger partial charge in [-0.05, 0) is 0 Å². The Kier molecular flexibility index (Phi) is 21.1. The fourth-order valence-electron chi connectivity index (χ4n) is 0.340. The van der Waals surface area contributed by atoms with Gasteiger partial charge in [0.2, 0.25) is 0 Å². The van der Waals surface area contributed by atoms with Crippen LogP contribution in [0.1, 0.15) is 6.42 Å². The zero-order valence-corrected chi connectivity index (χ0v) is 7.94. The predicted octanol–water partition coefficient (Wildman–Crippen LogP) is -4.69. The van der Waals surface area contributed by atoms with Gasteiger partial charge in [-0.3, -0.25) is 6.08 Å². The Morgan fingerprint density at radius 2 is 1.88 bits per heavy atom. The van der Waals surface area contributed by atoms with Gasteiger partial charge in [-0.15, -0.1) is 6.42 Å². The van der Waals surface area contributed by atoms with E-state index < -0.39 is 0 Å². The molecule has 0 amide bonds. The van der Waals surface area contributed by atoms with E-state index in [1.54, 1.807) is 0 Å². The Morgan fingerprint density at radius 3 is 2.00 bits per heavy atom. The van der Waals surface area contributed by atoms with Gasteiger partial charge in [0.05, 0.1) is 0 Å². The molecule has 0 atom stereocenters. The van der Waals surface area contributed by atoms with Crippen molar-refractivity contribution in [1.29, 1.82) is 0 Å². The Labute approximate surface area is 75.6 Å². The molecule has 0 fully saturated rings. The van der Waals surface area contributed by atoms with E-state index in [1.807, 2.05) is 12.2 Å². The van der Waals surface area contributed by atoms with Crippen molar-refractivity contribution in [3.8, 4) is 0 Å². The molecule has 1 aliphatic rings. The first-order valence-corrected chi connectivity index (χ1v) is 1.72. The summed E-state index contributed by atoms with van der Waals surface area (Å²) in [5, 5.41) is 0. The van der Waals surface area contributed by atoms with Crippen molar-refractivity contribution >= 4 is 0 Å². The van der Waals surface area contributed by atoms with E-state index in [0.29, 0.717) is 0 Å². The third-order valence-corrected chi connectivity index (χ3v) is 0.586. The first-order valence-electron chi connectivity index (χ1n) is 1.72. The van der Waals surface area contributed by atoms with Crippen LogP contribution in [-0.2, 0) is 20.1 Å². The van der Waals surface area contributed by atoms with Crippen LogP contribution in [0.5, 0.6) is 0 Å². The van der Waals surface area contributed by atoms with Crippen LogP contribution >= 0.6 is 0 Å². The van der Waals surface area contributed by atoms with Crippen molar-refractivity contribution in [3.05, 3.63) is 24.3 Å². The molecule has 0 radical (unpaired) electrons. The Balaban J connectivity index is -0.0000000833. The first-order chi connectivity index (χ1) is 2.50. The minimum absolute atomic E-state index is 0. The van der Waals surface area contributed by atoms with Crippen molar-refractivity contribution in [1.82, 2.24) is 0 Å². The van der Waals surface area contributed by atoms with Gasteiger partial charge >= 0.3 is 20.1 Å². The van der Waals surface area contributed by atoms with Crippen LogP contribution in [0.3, 0.4) is 0 Å². The second kappa shape index (κ2) is 10.6. The molecule has 0 aromatic carbocycles. The molecular weight excluding hydrogens is 323 g/mol. The molecule has 0 bridgehead atoms. The third-order valence-electron chi connectivity index (χ3n) is 0.586. The van der Waals surface area contributed by atoms with Gasteiger partial charge in [-0.1, -0.05) is 0 Å². The molecule has 0 nitrogen and oxygen atoms in total. The minimum Gasteiger partial charge on any atom is -1.00 e. The number of hydrogen-bond acceptors (Lipinski definition) is 0. The summed E-state index contributed by atoms with van der Waals surface area (Å²) in [6.07, 6.45) is 10.0. The second-order valence-corrected chi connectivity index (χ2v) is 1.00. The van der Waals surface area contributed by atoms with Gasteiger partial charge in [0.25, 0.3) is 0 Å². The zero-order valence-electron chi connectivity index (χ0n) is 4.03. The topological polar surface area (TPSA) is 0 Å². The minimum atomic E-state index is 0. The summed E-state index contributed by atoms with van der Waals surface area (Å²) in [7, 11) is 0. The molecule has 3 heteroatoms. The average Bonchev–Trinajstić information content (AvgIpc) is 1.76. The van der Waals surface area contributed by atoms with Crippen LogP contribution in [0.2, 0.25) is 0 Å². The van der Waals surface area contributed by atoms with Crippen LogP contribution in [-0.4, -0.2) is 0 Å². The molecule has 0 aromatic rings. The number of halogens is 2. The van der Waals surface area contributed by atoms with E-state index in [0.717, 1.165) is 6.42 Å². The van der Waals surface area contributed by atoms with Crippen LogP contribution < -0.4 is 24.8 Å². The monoisotopic (exact) mass is 328 g/mol. The van der Waals surface area contributed by atoms with Gasteiger partial charge in [-0.25, -0.2) is 12.2 Å². The summed E-state index contributed by atoms with van der Waals surface area (Å²) >= 11 is 0. The molecule has 0 heterocycles. The molecule has 0 unspecified atom stereocenters. The summed E-state index contributed by atoms with van der Waals surface area (Å²) in [4.78, 5) is 0. The van der Waals surface area contributed by atoms with Gasteiger partial charge in [0.1, 0.15) is 0 Å². The van der Waals surface area contributed by atoms with Gasteiger partial charge in [0, 0.05) is 0 Å². The summed E-state index contributed by atoms with van der Waals surface area (Å²) < 4.78 is 0. The van der Waals surface area contributed by atoms with E-state index >= 15 is 0 Å². The zero-order chi connectivity index (χ0) is 3.54. The summed E-state index contributed by atoms with van der Waals surface area (Å²) in [6, 6.07) is 0. The van der Waals surface area contributed by atoms with Gasteiger partial charge in [0.15, 0.2) is 0 Å². The maximum absolute atomic E-state index is 2.99. The maximum Gasteiger partial charge on any atom is 3.00 e. The quantitative estimate of drug-likeness (QED) is 0.392. The smallest absolute Gasteiger partial charge is 1.00 e. The summed E-state index contributed by atoms with van der Waals surface area (Å²) in [5.74, 6) is 0. The molecule has 1 rings (SSSR count). The molecule has 8 heavy (non-hydrogen) atoms. The molecule has 48 valence electrons. The normalized spacial score (nSPS) is 11.0. The molecular formula is C5H5Cl2Ir.